The number of nitrogens with two attached hydrogens (primary N) is 1. The van der Waals surface area contributed by atoms with Crippen molar-refractivity contribution < 1.29 is 9.53 Å². The maximum atomic E-state index is 11.7. The highest BCUT2D eigenvalue weighted by Crippen LogP contribution is 2.34. The topological polar surface area (TPSA) is 64.3 Å². The average Bonchev–Trinajstić information content (AvgIpc) is 2.59. The molecule has 6 heteroatoms. The molecule has 1 atom stereocenters. The standard InChI is InChI=1S/C9H13BrN2O2S/c1-5(4-11)12-9(13)7-3-6(14-2)8(10)15-7/h3,5H,4,11H2,1-2H3,(H,12,13)/t5-/m0/s1. The SMILES string of the molecule is COc1cc(C(=O)N[C@@H](C)CN)sc1Br. The summed E-state index contributed by atoms with van der Waals surface area (Å²) >= 11 is 4.66. The molecule has 0 bridgehead atoms. The van der Waals surface area contributed by atoms with Crippen molar-refractivity contribution in [1.29, 1.82) is 0 Å². The van der Waals surface area contributed by atoms with Crippen molar-refractivity contribution in [2.24, 2.45) is 5.73 Å². The number of amides is 1. The second-order valence-corrected chi connectivity index (χ2v) is 5.43. The van der Waals surface area contributed by atoms with Crippen molar-refractivity contribution in [3.63, 3.8) is 0 Å². The van der Waals surface area contributed by atoms with Gasteiger partial charge in [0.15, 0.2) is 0 Å². The number of halogens is 1. The van der Waals surface area contributed by atoms with Crippen molar-refractivity contribution in [2.75, 3.05) is 13.7 Å². The van der Waals surface area contributed by atoms with E-state index < -0.39 is 0 Å². The Morgan fingerprint density at radius 3 is 2.93 bits per heavy atom. The van der Waals surface area contributed by atoms with Crippen molar-refractivity contribution in [3.05, 3.63) is 14.7 Å². The van der Waals surface area contributed by atoms with Crippen LogP contribution in [-0.2, 0) is 0 Å². The molecule has 1 aromatic rings. The Morgan fingerprint density at radius 1 is 1.80 bits per heavy atom. The molecule has 0 unspecified atom stereocenters. The molecule has 0 fully saturated rings. The first kappa shape index (κ1) is 12.5. The van der Waals surface area contributed by atoms with Gasteiger partial charge in [-0.2, -0.15) is 0 Å². The first-order valence-corrected chi connectivity index (χ1v) is 6.03. The Morgan fingerprint density at radius 2 is 2.47 bits per heavy atom. The van der Waals surface area contributed by atoms with Gasteiger partial charge in [0.1, 0.15) is 9.54 Å². The van der Waals surface area contributed by atoms with Crippen LogP contribution in [0.15, 0.2) is 9.85 Å². The van der Waals surface area contributed by atoms with Gasteiger partial charge < -0.3 is 15.8 Å². The lowest BCUT2D eigenvalue weighted by atomic mass is 10.3. The van der Waals surface area contributed by atoms with Crippen molar-refractivity contribution in [2.45, 2.75) is 13.0 Å². The van der Waals surface area contributed by atoms with E-state index in [0.717, 1.165) is 3.79 Å². The highest BCUT2D eigenvalue weighted by Gasteiger charge is 2.14. The van der Waals surface area contributed by atoms with E-state index in [1.807, 2.05) is 6.92 Å². The number of nitrogens with one attached hydrogen (secondary N) is 1. The van der Waals surface area contributed by atoms with E-state index in [1.165, 1.54) is 11.3 Å². The molecule has 1 rings (SSSR count). The predicted molar refractivity (Wildman–Crippen MR) is 64.6 cm³/mol. The molecule has 1 amide bonds. The lowest BCUT2D eigenvalue weighted by Gasteiger charge is -2.09. The molecule has 0 aliphatic rings. The molecule has 0 saturated heterocycles. The van der Waals surface area contributed by atoms with Crippen LogP contribution in [0.3, 0.4) is 0 Å². The lowest BCUT2D eigenvalue weighted by Crippen LogP contribution is -2.37. The van der Waals surface area contributed by atoms with Crippen LogP contribution in [0.25, 0.3) is 0 Å². The van der Waals surface area contributed by atoms with Crippen LogP contribution >= 0.6 is 27.3 Å². The van der Waals surface area contributed by atoms with Gasteiger partial charge in [-0.25, -0.2) is 0 Å². The number of carbonyl (C=O) groups is 1. The van der Waals surface area contributed by atoms with Gasteiger partial charge >= 0.3 is 0 Å². The molecule has 3 N–H and O–H groups in total. The van der Waals surface area contributed by atoms with E-state index in [0.29, 0.717) is 17.2 Å². The summed E-state index contributed by atoms with van der Waals surface area (Å²) in [5, 5.41) is 2.78. The summed E-state index contributed by atoms with van der Waals surface area (Å²) in [6, 6.07) is 1.68. The molecule has 4 nitrogen and oxygen atoms in total. The van der Waals surface area contributed by atoms with Crippen molar-refractivity contribution >= 4 is 33.2 Å². The Kier molecular flexibility index (Phi) is 4.56. The fraction of sp³-hybridized carbons (Fsp3) is 0.444. The lowest BCUT2D eigenvalue weighted by molar-refractivity contribution is 0.0945. The van der Waals surface area contributed by atoms with E-state index in [-0.39, 0.29) is 11.9 Å². The third kappa shape index (κ3) is 3.19. The number of hydrogen-bond acceptors (Lipinski definition) is 4. The molecule has 0 saturated carbocycles. The van der Waals surface area contributed by atoms with Gasteiger partial charge in [-0.15, -0.1) is 11.3 Å². The van der Waals surface area contributed by atoms with Gasteiger partial charge in [-0.3, -0.25) is 4.79 Å². The summed E-state index contributed by atoms with van der Waals surface area (Å²) in [4.78, 5) is 12.3. The summed E-state index contributed by atoms with van der Waals surface area (Å²) in [7, 11) is 1.57. The van der Waals surface area contributed by atoms with Crippen LogP contribution < -0.4 is 15.8 Å². The van der Waals surface area contributed by atoms with Crippen LogP contribution in [0.2, 0.25) is 0 Å². The third-order valence-corrected chi connectivity index (χ3v) is 3.61. The Labute approximate surface area is 101 Å². The number of ether oxygens (including phenoxy) is 1. The minimum atomic E-state index is -0.123. The van der Waals surface area contributed by atoms with Gasteiger partial charge in [-0.1, -0.05) is 0 Å². The zero-order chi connectivity index (χ0) is 11.4. The quantitative estimate of drug-likeness (QED) is 0.886. The monoisotopic (exact) mass is 292 g/mol. The fourth-order valence-corrected chi connectivity index (χ4v) is 2.51. The normalized spacial score (nSPS) is 12.3. The van der Waals surface area contributed by atoms with Gasteiger partial charge in [0.05, 0.1) is 12.0 Å². The van der Waals surface area contributed by atoms with Crippen LogP contribution in [0, 0.1) is 0 Å². The summed E-state index contributed by atoms with van der Waals surface area (Å²) in [5.74, 6) is 0.549. The van der Waals surface area contributed by atoms with Gasteiger partial charge in [-0.05, 0) is 22.9 Å². The van der Waals surface area contributed by atoms with Crippen LogP contribution in [0.4, 0.5) is 0 Å². The van der Waals surface area contributed by atoms with Crippen LogP contribution in [0.1, 0.15) is 16.6 Å². The maximum Gasteiger partial charge on any atom is 0.261 e. The van der Waals surface area contributed by atoms with E-state index in [2.05, 4.69) is 21.2 Å². The summed E-state index contributed by atoms with van der Waals surface area (Å²) < 4.78 is 5.88. The van der Waals surface area contributed by atoms with Gasteiger partial charge in [0, 0.05) is 18.7 Å². The molecule has 1 heterocycles. The number of hydrogen-bond donors (Lipinski definition) is 2. The predicted octanol–water partition coefficient (Wildman–Crippen LogP) is 1.60. The summed E-state index contributed by atoms with van der Waals surface area (Å²) in [6.45, 7) is 2.28. The molecule has 0 radical (unpaired) electrons. The largest absolute Gasteiger partial charge is 0.495 e. The van der Waals surface area contributed by atoms with E-state index in [9.17, 15) is 4.79 Å². The Bertz CT molecular complexity index is 354. The fourth-order valence-electron chi connectivity index (χ4n) is 0.957. The highest BCUT2D eigenvalue weighted by molar-refractivity contribution is 9.11. The van der Waals surface area contributed by atoms with Gasteiger partial charge in [0.25, 0.3) is 5.91 Å². The third-order valence-electron chi connectivity index (χ3n) is 1.83. The van der Waals surface area contributed by atoms with Crippen molar-refractivity contribution in [3.8, 4) is 5.75 Å². The molecule has 0 spiro atoms. The summed E-state index contributed by atoms with van der Waals surface area (Å²) in [5.41, 5.74) is 5.41. The highest BCUT2D eigenvalue weighted by atomic mass is 79.9. The smallest absolute Gasteiger partial charge is 0.261 e. The zero-order valence-corrected chi connectivity index (χ0v) is 10.9. The molecule has 15 heavy (non-hydrogen) atoms. The first-order valence-electron chi connectivity index (χ1n) is 4.42. The molecular formula is C9H13BrN2O2S. The first-order chi connectivity index (χ1) is 7.08. The zero-order valence-electron chi connectivity index (χ0n) is 8.54. The molecule has 0 aliphatic heterocycles. The van der Waals surface area contributed by atoms with Gasteiger partial charge in [0.2, 0.25) is 0 Å². The number of rotatable bonds is 4. The number of thiophene rings is 1. The van der Waals surface area contributed by atoms with Crippen LogP contribution in [0.5, 0.6) is 5.75 Å². The molecule has 1 aromatic heterocycles. The summed E-state index contributed by atoms with van der Waals surface area (Å²) in [6.07, 6.45) is 0. The average molecular weight is 293 g/mol. The second kappa shape index (κ2) is 5.48. The van der Waals surface area contributed by atoms with Crippen LogP contribution in [-0.4, -0.2) is 25.6 Å². The minimum absolute atomic E-state index is 0.0237. The molecule has 0 aliphatic carbocycles. The van der Waals surface area contributed by atoms with E-state index >= 15 is 0 Å². The van der Waals surface area contributed by atoms with Crippen molar-refractivity contribution in [1.82, 2.24) is 5.32 Å². The minimum Gasteiger partial charge on any atom is -0.495 e. The Balaban J connectivity index is 2.74. The maximum absolute atomic E-state index is 11.7. The second-order valence-electron chi connectivity index (χ2n) is 3.06. The number of methoxy groups -OCH3 is 1. The van der Waals surface area contributed by atoms with E-state index in [4.69, 9.17) is 10.5 Å². The molecular weight excluding hydrogens is 280 g/mol. The number of carbonyl (C=O) groups excluding carboxylic acids is 1. The van der Waals surface area contributed by atoms with E-state index in [1.54, 1.807) is 13.2 Å². The Hall–Kier alpha value is -0.590. The molecule has 0 aromatic carbocycles. The molecule has 84 valence electrons.